The Balaban J connectivity index is 1.72. The molecule has 3 atom stereocenters. The molecular formula is C12H17NO2. The van der Waals surface area contributed by atoms with Gasteiger partial charge in [0.05, 0.1) is 6.10 Å². The minimum atomic E-state index is -0.0993. The molecule has 15 heavy (non-hydrogen) atoms. The van der Waals surface area contributed by atoms with E-state index in [0.717, 1.165) is 32.4 Å². The third-order valence-electron chi connectivity index (χ3n) is 4.18. The minimum Gasteiger partial charge on any atom is -0.393 e. The van der Waals surface area contributed by atoms with Gasteiger partial charge in [-0.05, 0) is 25.2 Å². The van der Waals surface area contributed by atoms with Gasteiger partial charge in [-0.25, -0.2) is 0 Å². The predicted octanol–water partition coefficient (Wildman–Crippen LogP) is 0.936. The fraction of sp³-hybridized carbons (Fsp3) is 0.750. The first-order valence-corrected chi connectivity index (χ1v) is 5.90. The standard InChI is InChI=1S/C12H17NO2/c14-10-3-2-9(5-10)13-6-8-1-4-12(15)11(8)7-13/h5,8,11-12,15H,1-4,6-7H2. The van der Waals surface area contributed by atoms with Crippen molar-refractivity contribution >= 4 is 5.78 Å². The molecular weight excluding hydrogens is 190 g/mol. The van der Waals surface area contributed by atoms with Crippen molar-refractivity contribution in [1.82, 2.24) is 4.90 Å². The molecule has 82 valence electrons. The van der Waals surface area contributed by atoms with Crippen LogP contribution in [-0.4, -0.2) is 35.0 Å². The number of hydrogen-bond donors (Lipinski definition) is 1. The highest BCUT2D eigenvalue weighted by Gasteiger charge is 2.42. The number of likely N-dealkylation sites (tertiary alicyclic amines) is 1. The molecule has 3 nitrogen and oxygen atoms in total. The highest BCUT2D eigenvalue weighted by molar-refractivity contribution is 5.92. The number of aliphatic hydroxyl groups excluding tert-OH is 1. The topological polar surface area (TPSA) is 40.5 Å². The number of carbonyl (C=O) groups excluding carboxylic acids is 1. The van der Waals surface area contributed by atoms with Crippen molar-refractivity contribution in [3.8, 4) is 0 Å². The maximum atomic E-state index is 11.2. The number of aliphatic hydroxyl groups is 1. The van der Waals surface area contributed by atoms with Crippen molar-refractivity contribution in [2.75, 3.05) is 13.1 Å². The lowest BCUT2D eigenvalue weighted by Crippen LogP contribution is -2.23. The molecule has 1 heterocycles. The van der Waals surface area contributed by atoms with E-state index in [1.54, 1.807) is 6.08 Å². The SMILES string of the molecule is O=C1C=C(N2CC3CCC(O)C3C2)CC1. The molecule has 3 rings (SSSR count). The molecule has 0 aromatic heterocycles. The van der Waals surface area contributed by atoms with Crippen LogP contribution in [0.25, 0.3) is 0 Å². The fourth-order valence-corrected chi connectivity index (χ4v) is 3.30. The largest absolute Gasteiger partial charge is 0.393 e. The van der Waals surface area contributed by atoms with Crippen molar-refractivity contribution < 1.29 is 9.90 Å². The van der Waals surface area contributed by atoms with Crippen LogP contribution >= 0.6 is 0 Å². The smallest absolute Gasteiger partial charge is 0.157 e. The molecule has 2 aliphatic carbocycles. The van der Waals surface area contributed by atoms with Gasteiger partial charge in [0.1, 0.15) is 0 Å². The lowest BCUT2D eigenvalue weighted by Gasteiger charge is -2.21. The average Bonchev–Trinajstić information content (AvgIpc) is 2.84. The molecule has 3 aliphatic rings. The highest BCUT2D eigenvalue weighted by atomic mass is 16.3. The van der Waals surface area contributed by atoms with Crippen molar-refractivity contribution in [2.45, 2.75) is 31.8 Å². The molecule has 0 radical (unpaired) electrons. The Labute approximate surface area is 89.8 Å². The number of fused-ring (bicyclic) bond motifs is 1. The van der Waals surface area contributed by atoms with E-state index < -0.39 is 0 Å². The summed E-state index contributed by atoms with van der Waals surface area (Å²) in [5.41, 5.74) is 1.21. The summed E-state index contributed by atoms with van der Waals surface area (Å²) in [5.74, 6) is 1.39. The normalized spacial score (nSPS) is 39.8. The van der Waals surface area contributed by atoms with Gasteiger partial charge in [0.15, 0.2) is 5.78 Å². The van der Waals surface area contributed by atoms with E-state index in [9.17, 15) is 9.90 Å². The van der Waals surface area contributed by atoms with Crippen LogP contribution in [0.2, 0.25) is 0 Å². The molecule has 3 unspecified atom stereocenters. The van der Waals surface area contributed by atoms with Gasteiger partial charge in [0.25, 0.3) is 0 Å². The lowest BCUT2D eigenvalue weighted by atomic mass is 10.00. The Morgan fingerprint density at radius 3 is 2.80 bits per heavy atom. The van der Waals surface area contributed by atoms with Gasteiger partial charge in [0, 0.05) is 37.2 Å². The monoisotopic (exact) mass is 207 g/mol. The Bertz CT molecular complexity index is 324. The number of ketones is 1. The van der Waals surface area contributed by atoms with Gasteiger partial charge in [-0.1, -0.05) is 0 Å². The number of carbonyl (C=O) groups is 1. The van der Waals surface area contributed by atoms with E-state index in [0.29, 0.717) is 18.3 Å². The van der Waals surface area contributed by atoms with Crippen LogP contribution < -0.4 is 0 Å². The molecule has 0 aromatic carbocycles. The Kier molecular flexibility index (Phi) is 2.09. The fourth-order valence-electron chi connectivity index (χ4n) is 3.30. The van der Waals surface area contributed by atoms with Crippen LogP contribution in [0.15, 0.2) is 11.8 Å². The van der Waals surface area contributed by atoms with Crippen molar-refractivity contribution in [3.05, 3.63) is 11.8 Å². The molecule has 1 aliphatic heterocycles. The summed E-state index contributed by atoms with van der Waals surface area (Å²) in [7, 11) is 0. The second-order valence-electron chi connectivity index (χ2n) is 5.08. The summed E-state index contributed by atoms with van der Waals surface area (Å²) < 4.78 is 0. The first-order valence-electron chi connectivity index (χ1n) is 5.90. The van der Waals surface area contributed by atoms with Crippen LogP contribution in [0.3, 0.4) is 0 Å². The first-order chi connectivity index (χ1) is 7.24. The highest BCUT2D eigenvalue weighted by Crippen LogP contribution is 2.40. The summed E-state index contributed by atoms with van der Waals surface area (Å²) >= 11 is 0. The van der Waals surface area contributed by atoms with Gasteiger partial charge in [0.2, 0.25) is 0 Å². The number of nitrogens with zero attached hydrogens (tertiary/aromatic N) is 1. The van der Waals surface area contributed by atoms with Crippen molar-refractivity contribution in [3.63, 3.8) is 0 Å². The van der Waals surface area contributed by atoms with Crippen LogP contribution in [0.1, 0.15) is 25.7 Å². The average molecular weight is 207 g/mol. The van der Waals surface area contributed by atoms with E-state index in [1.807, 2.05) is 0 Å². The first kappa shape index (κ1) is 9.40. The molecule has 1 saturated heterocycles. The zero-order valence-corrected chi connectivity index (χ0v) is 8.85. The number of hydrogen-bond acceptors (Lipinski definition) is 3. The van der Waals surface area contributed by atoms with Crippen LogP contribution in [0.5, 0.6) is 0 Å². The zero-order chi connectivity index (χ0) is 10.4. The van der Waals surface area contributed by atoms with Gasteiger partial charge >= 0.3 is 0 Å². The summed E-state index contributed by atoms with van der Waals surface area (Å²) in [6, 6.07) is 0. The predicted molar refractivity (Wildman–Crippen MR) is 56.1 cm³/mol. The zero-order valence-electron chi connectivity index (χ0n) is 8.85. The third-order valence-corrected chi connectivity index (χ3v) is 4.18. The third kappa shape index (κ3) is 1.49. The summed E-state index contributed by atoms with van der Waals surface area (Å²) in [5, 5.41) is 9.80. The molecule has 2 fully saturated rings. The van der Waals surface area contributed by atoms with Gasteiger partial charge in [-0.15, -0.1) is 0 Å². The molecule has 0 spiro atoms. The summed E-state index contributed by atoms with van der Waals surface area (Å²) in [4.78, 5) is 13.5. The molecule has 0 aromatic rings. The van der Waals surface area contributed by atoms with Crippen LogP contribution in [0, 0.1) is 11.8 Å². The minimum absolute atomic E-state index is 0.0993. The van der Waals surface area contributed by atoms with E-state index >= 15 is 0 Å². The van der Waals surface area contributed by atoms with Crippen molar-refractivity contribution in [2.24, 2.45) is 11.8 Å². The number of allylic oxidation sites excluding steroid dienone is 2. The molecule has 3 heteroatoms. The molecule has 1 N–H and O–H groups in total. The Morgan fingerprint density at radius 2 is 2.13 bits per heavy atom. The van der Waals surface area contributed by atoms with Gasteiger partial charge in [-0.2, -0.15) is 0 Å². The maximum absolute atomic E-state index is 11.2. The summed E-state index contributed by atoms with van der Waals surface area (Å²) in [6.45, 7) is 2.02. The van der Waals surface area contributed by atoms with E-state index in [1.165, 1.54) is 5.70 Å². The lowest BCUT2D eigenvalue weighted by molar-refractivity contribution is -0.114. The molecule has 1 saturated carbocycles. The van der Waals surface area contributed by atoms with Gasteiger partial charge in [-0.3, -0.25) is 4.79 Å². The van der Waals surface area contributed by atoms with E-state index in [4.69, 9.17) is 0 Å². The Morgan fingerprint density at radius 1 is 1.27 bits per heavy atom. The van der Waals surface area contributed by atoms with Crippen molar-refractivity contribution in [1.29, 1.82) is 0 Å². The molecule has 0 amide bonds. The maximum Gasteiger partial charge on any atom is 0.157 e. The van der Waals surface area contributed by atoms with Gasteiger partial charge < -0.3 is 10.0 Å². The van der Waals surface area contributed by atoms with E-state index in [-0.39, 0.29) is 11.9 Å². The Hall–Kier alpha value is -0.830. The van der Waals surface area contributed by atoms with Crippen LogP contribution in [0.4, 0.5) is 0 Å². The second kappa shape index (κ2) is 3.34. The molecule has 0 bridgehead atoms. The van der Waals surface area contributed by atoms with E-state index in [2.05, 4.69) is 4.90 Å². The quantitative estimate of drug-likeness (QED) is 0.695. The second-order valence-corrected chi connectivity index (χ2v) is 5.08. The summed E-state index contributed by atoms with van der Waals surface area (Å²) in [6.07, 6.45) is 5.42. The number of rotatable bonds is 1. The van der Waals surface area contributed by atoms with Crippen LogP contribution in [-0.2, 0) is 4.79 Å².